The number of rotatable bonds is 8. The molecule has 0 aliphatic carbocycles. The number of aromatic nitrogens is 2. The Labute approximate surface area is 195 Å². The fraction of sp³-hybridized carbons (Fsp3) is 0.207. The van der Waals surface area contributed by atoms with E-state index in [0.717, 1.165) is 47.5 Å². The second kappa shape index (κ2) is 10.7. The van der Waals surface area contributed by atoms with E-state index in [1.165, 1.54) is 5.56 Å². The average Bonchev–Trinajstić information content (AvgIpc) is 2.84. The van der Waals surface area contributed by atoms with E-state index >= 15 is 0 Å². The first-order valence-corrected chi connectivity index (χ1v) is 11.4. The molecule has 1 aromatic heterocycles. The Morgan fingerprint density at radius 1 is 0.879 bits per heavy atom. The molecule has 33 heavy (non-hydrogen) atoms. The number of benzene rings is 3. The van der Waals surface area contributed by atoms with Crippen LogP contribution in [0, 0.1) is 6.92 Å². The second-order valence-corrected chi connectivity index (χ2v) is 8.54. The maximum atomic E-state index is 12.6. The van der Waals surface area contributed by atoms with E-state index in [4.69, 9.17) is 4.98 Å². The number of anilines is 1. The Bertz CT molecular complexity index is 1220. The number of nitrogens with one attached hydrogen (secondary N) is 1. The van der Waals surface area contributed by atoms with Crippen molar-refractivity contribution in [3.8, 4) is 0 Å². The third-order valence-electron chi connectivity index (χ3n) is 5.76. The minimum absolute atomic E-state index is 0.0968. The van der Waals surface area contributed by atoms with Crippen molar-refractivity contribution in [1.29, 1.82) is 0 Å². The van der Waals surface area contributed by atoms with Crippen molar-refractivity contribution in [2.75, 3.05) is 5.32 Å². The zero-order valence-electron chi connectivity index (χ0n) is 19.2. The Morgan fingerprint density at radius 2 is 1.67 bits per heavy atom. The predicted molar refractivity (Wildman–Crippen MR) is 134 cm³/mol. The van der Waals surface area contributed by atoms with Crippen LogP contribution in [0.25, 0.3) is 0 Å². The molecular formula is C29H29N3O. The monoisotopic (exact) mass is 435 g/mol. The molecule has 4 rings (SSSR count). The number of amides is 1. The highest BCUT2D eigenvalue weighted by atomic mass is 16.1. The lowest BCUT2D eigenvalue weighted by Crippen LogP contribution is -2.12. The van der Waals surface area contributed by atoms with Crippen LogP contribution in [0.2, 0.25) is 0 Å². The number of aryl methyl sites for hydroxylation is 3. The molecule has 4 nitrogen and oxygen atoms in total. The van der Waals surface area contributed by atoms with Crippen LogP contribution in [-0.2, 0) is 19.3 Å². The Hall–Kier alpha value is -3.79. The van der Waals surface area contributed by atoms with Crippen molar-refractivity contribution in [3.05, 3.63) is 125 Å². The number of hydrogen-bond donors (Lipinski definition) is 1. The van der Waals surface area contributed by atoms with E-state index in [9.17, 15) is 4.79 Å². The molecule has 1 N–H and O–H groups in total. The molecule has 4 aromatic rings. The number of carbonyl (C=O) groups is 1. The van der Waals surface area contributed by atoms with Gasteiger partial charge in [-0.2, -0.15) is 0 Å². The van der Waals surface area contributed by atoms with Crippen molar-refractivity contribution in [3.63, 3.8) is 0 Å². The van der Waals surface area contributed by atoms with Crippen molar-refractivity contribution in [1.82, 2.24) is 9.97 Å². The van der Waals surface area contributed by atoms with Gasteiger partial charge in [0.1, 0.15) is 0 Å². The number of hydrogen-bond acceptors (Lipinski definition) is 3. The first-order chi connectivity index (χ1) is 16.1. The van der Waals surface area contributed by atoms with Crippen LogP contribution in [0.3, 0.4) is 0 Å². The van der Waals surface area contributed by atoms with Gasteiger partial charge in [-0.15, -0.1) is 0 Å². The third-order valence-corrected chi connectivity index (χ3v) is 5.76. The fourth-order valence-corrected chi connectivity index (χ4v) is 3.93. The van der Waals surface area contributed by atoms with E-state index in [1.807, 2.05) is 67.8 Å². The molecule has 0 saturated heterocycles. The summed E-state index contributed by atoms with van der Waals surface area (Å²) in [6, 6.07) is 26.1. The zero-order valence-corrected chi connectivity index (χ0v) is 19.2. The van der Waals surface area contributed by atoms with Crippen molar-refractivity contribution < 1.29 is 4.79 Å². The predicted octanol–water partition coefficient (Wildman–Crippen LogP) is 6.17. The Morgan fingerprint density at radius 3 is 2.48 bits per heavy atom. The summed E-state index contributed by atoms with van der Waals surface area (Å²) in [5.41, 5.74) is 7.00. The largest absolute Gasteiger partial charge is 0.322 e. The number of carbonyl (C=O) groups excluding carboxylic acids is 1. The summed E-state index contributed by atoms with van der Waals surface area (Å²) < 4.78 is 0. The molecule has 0 aliphatic rings. The van der Waals surface area contributed by atoms with Crippen molar-refractivity contribution in [2.45, 2.75) is 39.0 Å². The first-order valence-electron chi connectivity index (χ1n) is 11.4. The highest BCUT2D eigenvalue weighted by molar-refractivity contribution is 6.04. The van der Waals surface area contributed by atoms with Gasteiger partial charge in [0, 0.05) is 23.6 Å². The Kier molecular flexibility index (Phi) is 7.26. The Balaban J connectivity index is 1.39. The normalized spacial score (nSPS) is 11.7. The first kappa shape index (κ1) is 22.4. The SMILES string of the molecule is Cc1cccc(C(=O)Nc2cccc([C@H](C)Cc3cncc(CCc4ccccc4)n3)c2)c1. The average molecular weight is 436 g/mol. The van der Waals surface area contributed by atoms with Gasteiger partial charge >= 0.3 is 0 Å². The topological polar surface area (TPSA) is 54.9 Å². The summed E-state index contributed by atoms with van der Waals surface area (Å²) in [7, 11) is 0. The van der Waals surface area contributed by atoms with E-state index in [-0.39, 0.29) is 11.8 Å². The van der Waals surface area contributed by atoms with Gasteiger partial charge in [0.25, 0.3) is 5.91 Å². The minimum Gasteiger partial charge on any atom is -0.322 e. The summed E-state index contributed by atoms with van der Waals surface area (Å²) in [4.78, 5) is 21.9. The quantitative estimate of drug-likeness (QED) is 0.360. The summed E-state index contributed by atoms with van der Waals surface area (Å²) >= 11 is 0. The van der Waals surface area contributed by atoms with Crippen LogP contribution in [-0.4, -0.2) is 15.9 Å². The van der Waals surface area contributed by atoms with E-state index in [0.29, 0.717) is 5.56 Å². The van der Waals surface area contributed by atoms with Crippen LogP contribution in [0.15, 0.2) is 91.3 Å². The van der Waals surface area contributed by atoms with Gasteiger partial charge in [-0.05, 0) is 67.5 Å². The minimum atomic E-state index is -0.0968. The van der Waals surface area contributed by atoms with Gasteiger partial charge < -0.3 is 5.32 Å². The lowest BCUT2D eigenvalue weighted by molar-refractivity contribution is 0.102. The van der Waals surface area contributed by atoms with Gasteiger partial charge in [-0.25, -0.2) is 0 Å². The molecule has 0 spiro atoms. The smallest absolute Gasteiger partial charge is 0.255 e. The standard InChI is InChI=1S/C29H29N3O/c1-21-8-6-12-25(16-21)29(33)32-26-13-7-11-24(18-26)22(2)17-28-20-30-19-27(31-28)15-14-23-9-4-3-5-10-23/h3-13,16,18-20,22H,14-15,17H2,1-2H3,(H,32,33)/t22-/m1/s1. The van der Waals surface area contributed by atoms with Crippen LogP contribution in [0.5, 0.6) is 0 Å². The molecular weight excluding hydrogens is 406 g/mol. The molecule has 0 aliphatic heterocycles. The molecule has 166 valence electrons. The van der Waals surface area contributed by atoms with Crippen LogP contribution >= 0.6 is 0 Å². The molecule has 3 aromatic carbocycles. The van der Waals surface area contributed by atoms with Gasteiger partial charge in [0.05, 0.1) is 11.4 Å². The van der Waals surface area contributed by atoms with E-state index < -0.39 is 0 Å². The fourth-order valence-electron chi connectivity index (χ4n) is 3.93. The highest BCUT2D eigenvalue weighted by Crippen LogP contribution is 2.23. The van der Waals surface area contributed by atoms with Crippen LogP contribution < -0.4 is 5.32 Å². The molecule has 1 heterocycles. The van der Waals surface area contributed by atoms with E-state index in [2.05, 4.69) is 47.6 Å². The van der Waals surface area contributed by atoms with Crippen molar-refractivity contribution >= 4 is 11.6 Å². The third kappa shape index (κ3) is 6.36. The van der Waals surface area contributed by atoms with Gasteiger partial charge in [-0.1, -0.05) is 67.1 Å². The zero-order chi connectivity index (χ0) is 23.0. The molecule has 1 atom stereocenters. The molecule has 1 amide bonds. The molecule has 4 heteroatoms. The lowest BCUT2D eigenvalue weighted by atomic mass is 9.96. The number of nitrogens with zero attached hydrogens (tertiary/aromatic N) is 2. The molecule has 0 radical (unpaired) electrons. The molecule has 0 saturated carbocycles. The van der Waals surface area contributed by atoms with Crippen LogP contribution in [0.4, 0.5) is 5.69 Å². The summed E-state index contributed by atoms with van der Waals surface area (Å²) in [6.45, 7) is 4.17. The maximum Gasteiger partial charge on any atom is 0.255 e. The van der Waals surface area contributed by atoms with Crippen molar-refractivity contribution in [2.24, 2.45) is 0 Å². The lowest BCUT2D eigenvalue weighted by Gasteiger charge is -2.14. The second-order valence-electron chi connectivity index (χ2n) is 8.54. The molecule has 0 unspecified atom stereocenters. The highest BCUT2D eigenvalue weighted by Gasteiger charge is 2.11. The summed E-state index contributed by atoms with van der Waals surface area (Å²) in [6.07, 6.45) is 6.34. The van der Waals surface area contributed by atoms with Gasteiger partial charge in [0.2, 0.25) is 0 Å². The molecule has 0 bridgehead atoms. The maximum absolute atomic E-state index is 12.6. The summed E-state index contributed by atoms with van der Waals surface area (Å²) in [5.74, 6) is 0.153. The van der Waals surface area contributed by atoms with E-state index in [1.54, 1.807) is 0 Å². The summed E-state index contributed by atoms with van der Waals surface area (Å²) in [5, 5.41) is 3.02. The molecule has 0 fully saturated rings. The van der Waals surface area contributed by atoms with Gasteiger partial charge in [-0.3, -0.25) is 14.8 Å². The van der Waals surface area contributed by atoms with Crippen LogP contribution in [0.1, 0.15) is 51.3 Å². The van der Waals surface area contributed by atoms with Gasteiger partial charge in [0.15, 0.2) is 0 Å².